The van der Waals surface area contributed by atoms with Crippen molar-refractivity contribution in [3.8, 4) is 0 Å². The van der Waals surface area contributed by atoms with Crippen LogP contribution in [-0.2, 0) is 10.0 Å². The molecule has 2 fully saturated rings. The van der Waals surface area contributed by atoms with Gasteiger partial charge in [0.2, 0.25) is 0 Å². The van der Waals surface area contributed by atoms with Gasteiger partial charge >= 0.3 is 0 Å². The second-order valence-corrected chi connectivity index (χ2v) is 8.80. The molecule has 2 saturated heterocycles. The van der Waals surface area contributed by atoms with Gasteiger partial charge in [0.05, 0.1) is 5.56 Å². The van der Waals surface area contributed by atoms with Crippen molar-refractivity contribution in [1.29, 1.82) is 0 Å². The topological polar surface area (TPSA) is 95.6 Å². The van der Waals surface area contributed by atoms with Crippen LogP contribution in [0.1, 0.15) is 53.3 Å². The molecule has 26 heavy (non-hydrogen) atoms. The van der Waals surface area contributed by atoms with Gasteiger partial charge < -0.3 is 10.6 Å². The van der Waals surface area contributed by atoms with Crippen molar-refractivity contribution in [1.82, 2.24) is 14.9 Å². The van der Waals surface area contributed by atoms with Crippen molar-refractivity contribution in [3.63, 3.8) is 0 Å². The molecular formula is C17H22ClN3O4S. The molecule has 3 aliphatic rings. The van der Waals surface area contributed by atoms with E-state index in [0.717, 1.165) is 30.0 Å². The Balaban J connectivity index is 0.00000196. The molecule has 1 aromatic rings. The number of nitrogens with zero attached hydrogens (tertiary/aromatic N) is 1. The number of carbonyl (C=O) groups is 2. The Labute approximate surface area is 159 Å². The van der Waals surface area contributed by atoms with Gasteiger partial charge in [-0.1, -0.05) is 0 Å². The van der Waals surface area contributed by atoms with Crippen LogP contribution in [0.15, 0.2) is 23.1 Å². The van der Waals surface area contributed by atoms with Gasteiger partial charge in [0, 0.05) is 30.2 Å². The molecule has 0 spiro atoms. The molecule has 1 aromatic carbocycles. The summed E-state index contributed by atoms with van der Waals surface area (Å²) in [6.45, 7) is 1.69. The summed E-state index contributed by atoms with van der Waals surface area (Å²) in [5, 5.41) is 6.54. The fourth-order valence-corrected chi connectivity index (χ4v) is 5.78. The molecule has 0 saturated carbocycles. The maximum absolute atomic E-state index is 12.6. The van der Waals surface area contributed by atoms with E-state index < -0.39 is 15.9 Å². The van der Waals surface area contributed by atoms with Gasteiger partial charge in [-0.15, -0.1) is 12.4 Å². The first-order valence-electron chi connectivity index (χ1n) is 8.68. The summed E-state index contributed by atoms with van der Waals surface area (Å²) in [5.74, 6) is -0.814. The van der Waals surface area contributed by atoms with Crippen molar-refractivity contribution in [2.75, 3.05) is 6.54 Å². The summed E-state index contributed by atoms with van der Waals surface area (Å²) in [6.07, 6.45) is 4.08. The van der Waals surface area contributed by atoms with Gasteiger partial charge in [0.1, 0.15) is 4.90 Å². The first-order chi connectivity index (χ1) is 11.9. The van der Waals surface area contributed by atoms with Crippen LogP contribution in [0.5, 0.6) is 0 Å². The zero-order valence-electron chi connectivity index (χ0n) is 14.4. The predicted octanol–water partition coefficient (Wildman–Crippen LogP) is 1.29. The lowest BCUT2D eigenvalue weighted by molar-refractivity contribution is 0.0873. The van der Waals surface area contributed by atoms with Crippen molar-refractivity contribution < 1.29 is 18.0 Å². The number of hydrogen-bond acceptors (Lipinski definition) is 5. The minimum atomic E-state index is -3.85. The van der Waals surface area contributed by atoms with Crippen LogP contribution in [0.2, 0.25) is 0 Å². The number of benzene rings is 1. The van der Waals surface area contributed by atoms with Gasteiger partial charge in [-0.3, -0.25) is 9.59 Å². The van der Waals surface area contributed by atoms with E-state index in [4.69, 9.17) is 0 Å². The van der Waals surface area contributed by atoms with E-state index >= 15 is 0 Å². The van der Waals surface area contributed by atoms with Gasteiger partial charge in [-0.2, -0.15) is 0 Å². The average molecular weight is 400 g/mol. The molecule has 0 aliphatic carbocycles. The molecular weight excluding hydrogens is 378 g/mol. The molecule has 2 atom stereocenters. The molecule has 4 rings (SSSR count). The van der Waals surface area contributed by atoms with Gasteiger partial charge in [0.15, 0.2) is 0 Å². The first kappa shape index (κ1) is 19.1. The van der Waals surface area contributed by atoms with E-state index in [0.29, 0.717) is 12.1 Å². The molecule has 3 aliphatic heterocycles. The number of sulfonamides is 1. The molecule has 0 radical (unpaired) electrons. The van der Waals surface area contributed by atoms with Crippen LogP contribution in [0.3, 0.4) is 0 Å². The van der Waals surface area contributed by atoms with Crippen LogP contribution in [0.4, 0.5) is 0 Å². The minimum absolute atomic E-state index is 0. The number of halogens is 1. The second kappa shape index (κ2) is 6.83. The van der Waals surface area contributed by atoms with Crippen molar-refractivity contribution in [3.05, 3.63) is 29.3 Å². The van der Waals surface area contributed by atoms with Crippen molar-refractivity contribution in [2.45, 2.75) is 55.6 Å². The molecule has 3 heterocycles. The van der Waals surface area contributed by atoms with E-state index in [1.807, 2.05) is 0 Å². The van der Waals surface area contributed by atoms with Crippen LogP contribution < -0.4 is 10.6 Å². The lowest BCUT2D eigenvalue weighted by atomic mass is 9.99. The van der Waals surface area contributed by atoms with E-state index in [-0.39, 0.29) is 46.9 Å². The smallest absolute Gasteiger partial charge is 0.268 e. The van der Waals surface area contributed by atoms with Crippen molar-refractivity contribution >= 4 is 34.2 Å². The average Bonchev–Trinajstić information content (AvgIpc) is 3.01. The lowest BCUT2D eigenvalue weighted by Gasteiger charge is -2.29. The summed E-state index contributed by atoms with van der Waals surface area (Å²) < 4.78 is 25.7. The maximum atomic E-state index is 12.6. The Morgan fingerprint density at radius 3 is 2.54 bits per heavy atom. The minimum Gasteiger partial charge on any atom is -0.349 e. The summed E-state index contributed by atoms with van der Waals surface area (Å²) in [4.78, 5) is 24.7. The third-order valence-electron chi connectivity index (χ3n) is 5.36. The number of hydrogen-bond donors (Lipinski definition) is 2. The summed E-state index contributed by atoms with van der Waals surface area (Å²) in [7, 11) is -3.85. The Kier molecular flexibility index (Phi) is 5.02. The Hall–Kier alpha value is -1.64. The highest BCUT2D eigenvalue weighted by Gasteiger charge is 2.40. The summed E-state index contributed by atoms with van der Waals surface area (Å²) >= 11 is 0. The zero-order valence-corrected chi connectivity index (χ0v) is 16.0. The number of fused-ring (bicyclic) bond motifs is 3. The maximum Gasteiger partial charge on any atom is 0.268 e. The van der Waals surface area contributed by atoms with Gasteiger partial charge in [-0.05, 0) is 50.8 Å². The van der Waals surface area contributed by atoms with E-state index in [9.17, 15) is 18.0 Å². The van der Waals surface area contributed by atoms with Crippen molar-refractivity contribution in [2.24, 2.45) is 0 Å². The number of carbonyl (C=O) groups excluding carboxylic acids is 2. The normalized spacial score (nSPS) is 28.4. The highest BCUT2D eigenvalue weighted by atomic mass is 35.5. The quantitative estimate of drug-likeness (QED) is 0.798. The molecule has 7 nitrogen and oxygen atoms in total. The van der Waals surface area contributed by atoms with Gasteiger partial charge in [-0.25, -0.2) is 12.7 Å². The summed E-state index contributed by atoms with van der Waals surface area (Å²) in [5.41, 5.74) is 0.414. The molecule has 142 valence electrons. The third kappa shape index (κ3) is 3.00. The molecule has 2 bridgehead atoms. The highest BCUT2D eigenvalue weighted by molar-refractivity contribution is 7.90. The van der Waals surface area contributed by atoms with E-state index in [1.54, 1.807) is 6.92 Å². The molecule has 0 aromatic heterocycles. The largest absolute Gasteiger partial charge is 0.349 e. The van der Waals surface area contributed by atoms with Crippen LogP contribution >= 0.6 is 12.4 Å². The highest BCUT2D eigenvalue weighted by Crippen LogP contribution is 2.31. The fourth-order valence-electron chi connectivity index (χ4n) is 4.17. The third-order valence-corrected chi connectivity index (χ3v) is 7.26. The van der Waals surface area contributed by atoms with E-state index in [2.05, 4.69) is 10.6 Å². The monoisotopic (exact) mass is 399 g/mol. The molecule has 2 unspecified atom stereocenters. The van der Waals surface area contributed by atoms with Crippen LogP contribution in [0.25, 0.3) is 0 Å². The Morgan fingerprint density at radius 1 is 1.27 bits per heavy atom. The number of piperidine rings is 1. The Morgan fingerprint density at radius 2 is 1.92 bits per heavy atom. The van der Waals surface area contributed by atoms with Gasteiger partial charge in [0.25, 0.3) is 21.8 Å². The predicted molar refractivity (Wildman–Crippen MR) is 98.0 cm³/mol. The molecule has 2 N–H and O–H groups in total. The van der Waals surface area contributed by atoms with E-state index in [1.165, 1.54) is 18.2 Å². The standard InChI is InChI=1S/C17H21N3O4S.ClH/c1-2-20-17(22)14-6-3-10(7-15(14)25(20,23)24)16(21)19-13-8-11-4-5-12(9-13)18-11;/h3,6-7,11-13,18H,2,4-5,8-9H2,1H3,(H,19,21);1H. The number of rotatable bonds is 3. The first-order valence-corrected chi connectivity index (χ1v) is 10.1. The molecule has 9 heteroatoms. The van der Waals surface area contributed by atoms with Crippen LogP contribution in [0, 0.1) is 0 Å². The molecule has 2 amide bonds. The zero-order chi connectivity index (χ0) is 17.8. The SMILES string of the molecule is CCN1C(=O)c2ccc(C(=O)NC3CC4CCC(C3)N4)cc2S1(=O)=O.Cl. The fraction of sp³-hybridized carbons (Fsp3) is 0.529. The number of nitrogens with one attached hydrogen (secondary N) is 2. The Bertz CT molecular complexity index is 846. The van der Waals surface area contributed by atoms with Crippen LogP contribution in [-0.4, -0.2) is 49.2 Å². The number of amides is 2. The second-order valence-electron chi connectivity index (χ2n) is 6.97. The lowest BCUT2D eigenvalue weighted by Crippen LogP contribution is -2.48. The summed E-state index contributed by atoms with van der Waals surface area (Å²) in [6, 6.07) is 5.30.